The number of hydrogen-bond donors (Lipinski definition) is 0. The first-order valence-corrected chi connectivity index (χ1v) is 11.7. The first-order valence-electron chi connectivity index (χ1n) is 11.7. The van der Waals surface area contributed by atoms with Crippen molar-refractivity contribution in [2.24, 2.45) is 0 Å². The molecule has 0 saturated heterocycles. The van der Waals surface area contributed by atoms with Crippen LogP contribution in [0.3, 0.4) is 0 Å². The van der Waals surface area contributed by atoms with Gasteiger partial charge in [0, 0.05) is 44.7 Å². The molecule has 0 saturated carbocycles. The summed E-state index contributed by atoms with van der Waals surface area (Å²) in [5.74, 6) is -0.376. The van der Waals surface area contributed by atoms with Gasteiger partial charge in [-0.15, -0.1) is 6.58 Å². The summed E-state index contributed by atoms with van der Waals surface area (Å²) in [5.41, 5.74) is 3.13. The molecule has 1 aromatic heterocycles. The van der Waals surface area contributed by atoms with Crippen molar-refractivity contribution in [2.45, 2.75) is 13.1 Å². The Labute approximate surface area is 207 Å². The maximum atomic E-state index is 13.3. The van der Waals surface area contributed by atoms with Gasteiger partial charge in [-0.25, -0.2) is 0 Å². The highest BCUT2D eigenvalue weighted by molar-refractivity contribution is 5.94. The molecule has 2 aromatic carbocycles. The molecule has 0 aliphatic carbocycles. The molecule has 0 spiro atoms. The van der Waals surface area contributed by atoms with E-state index >= 15 is 0 Å². The lowest BCUT2D eigenvalue weighted by Gasteiger charge is -2.27. The molecule has 182 valence electrons. The van der Waals surface area contributed by atoms with Gasteiger partial charge in [-0.05, 0) is 29.3 Å². The van der Waals surface area contributed by atoms with Gasteiger partial charge in [-0.1, -0.05) is 66.7 Å². The van der Waals surface area contributed by atoms with Crippen LogP contribution in [0.15, 0.2) is 97.7 Å². The number of aromatic nitrogens is 1. The lowest BCUT2D eigenvalue weighted by molar-refractivity contribution is -0.138. The third-order valence-corrected chi connectivity index (χ3v) is 5.60. The van der Waals surface area contributed by atoms with Crippen LogP contribution < -0.4 is 0 Å². The fraction of sp³-hybridized carbons (Fsp3) is 0.241. The minimum absolute atomic E-state index is 0.0346. The second-order valence-corrected chi connectivity index (χ2v) is 8.17. The predicted molar refractivity (Wildman–Crippen MR) is 140 cm³/mol. The molecular formula is C29H33N3O3. The van der Waals surface area contributed by atoms with Gasteiger partial charge in [0.15, 0.2) is 0 Å². The molecule has 0 atom stereocenters. The van der Waals surface area contributed by atoms with Crippen LogP contribution in [0, 0.1) is 0 Å². The standard InChI is InChI=1S/C29H33N3O3/c1-3-18-31(28(33)17-16-25-11-6-4-7-12-25)24-29(34)32(20-21-35-2)23-27-15-10-19-30(27)22-26-13-8-5-9-14-26/h3-17,19H,1,18,20-24H2,2H3/b17-16+. The van der Waals surface area contributed by atoms with E-state index in [9.17, 15) is 9.59 Å². The molecule has 0 aliphatic rings. The summed E-state index contributed by atoms with van der Waals surface area (Å²) in [4.78, 5) is 29.4. The fourth-order valence-electron chi connectivity index (χ4n) is 3.70. The first-order chi connectivity index (χ1) is 17.1. The molecule has 1 heterocycles. The highest BCUT2D eigenvalue weighted by atomic mass is 16.5. The zero-order valence-electron chi connectivity index (χ0n) is 20.3. The molecule has 6 nitrogen and oxygen atoms in total. The molecule has 0 fully saturated rings. The van der Waals surface area contributed by atoms with Gasteiger partial charge in [0.05, 0.1) is 13.2 Å². The van der Waals surface area contributed by atoms with Gasteiger partial charge in [0.1, 0.15) is 6.54 Å². The fourth-order valence-corrected chi connectivity index (χ4v) is 3.70. The Balaban J connectivity index is 1.70. The number of nitrogens with zero attached hydrogens (tertiary/aromatic N) is 3. The summed E-state index contributed by atoms with van der Waals surface area (Å²) in [6.07, 6.45) is 6.90. The quantitative estimate of drug-likeness (QED) is 0.277. The van der Waals surface area contributed by atoms with Crippen LogP contribution in [0.5, 0.6) is 0 Å². The predicted octanol–water partition coefficient (Wildman–Crippen LogP) is 4.24. The van der Waals surface area contributed by atoms with E-state index in [0.717, 1.165) is 17.8 Å². The van der Waals surface area contributed by atoms with E-state index < -0.39 is 0 Å². The van der Waals surface area contributed by atoms with E-state index in [2.05, 4.69) is 23.3 Å². The Morgan fingerprint density at radius 3 is 2.37 bits per heavy atom. The lowest BCUT2D eigenvalue weighted by Crippen LogP contribution is -2.43. The normalized spacial score (nSPS) is 10.9. The average molecular weight is 472 g/mol. The largest absolute Gasteiger partial charge is 0.383 e. The average Bonchev–Trinajstić information content (AvgIpc) is 3.32. The smallest absolute Gasteiger partial charge is 0.247 e. The Hall–Kier alpha value is -3.90. The highest BCUT2D eigenvalue weighted by Crippen LogP contribution is 2.12. The molecule has 0 bridgehead atoms. The SMILES string of the molecule is C=CCN(CC(=O)N(CCOC)Cc1cccn1Cc1ccccc1)C(=O)/C=C/c1ccccc1. The zero-order chi connectivity index (χ0) is 24.9. The van der Waals surface area contributed by atoms with E-state index in [1.807, 2.05) is 66.9 Å². The molecule has 3 rings (SSSR count). The van der Waals surface area contributed by atoms with E-state index in [-0.39, 0.29) is 24.9 Å². The molecule has 0 aliphatic heterocycles. The summed E-state index contributed by atoms with van der Waals surface area (Å²) < 4.78 is 7.38. The number of benzene rings is 2. The van der Waals surface area contributed by atoms with Crippen molar-refractivity contribution >= 4 is 17.9 Å². The van der Waals surface area contributed by atoms with Crippen LogP contribution in [-0.4, -0.2) is 59.5 Å². The Bertz CT molecular complexity index is 1110. The van der Waals surface area contributed by atoms with Crippen LogP contribution in [0.1, 0.15) is 16.8 Å². The lowest BCUT2D eigenvalue weighted by atomic mass is 10.2. The third kappa shape index (κ3) is 8.12. The van der Waals surface area contributed by atoms with Gasteiger partial charge >= 0.3 is 0 Å². The van der Waals surface area contributed by atoms with E-state index in [4.69, 9.17) is 4.74 Å². The van der Waals surface area contributed by atoms with Gasteiger partial charge in [0.2, 0.25) is 11.8 Å². The molecule has 3 aromatic rings. The molecule has 0 radical (unpaired) electrons. The summed E-state index contributed by atoms with van der Waals surface area (Å²) in [6, 6.07) is 23.8. The maximum absolute atomic E-state index is 13.3. The molecule has 6 heteroatoms. The second-order valence-electron chi connectivity index (χ2n) is 8.17. The second kappa shape index (κ2) is 13.7. The minimum atomic E-state index is -0.235. The van der Waals surface area contributed by atoms with Crippen LogP contribution in [0.4, 0.5) is 0 Å². The summed E-state index contributed by atoms with van der Waals surface area (Å²) in [7, 11) is 1.61. The first kappa shape index (κ1) is 25.7. The van der Waals surface area contributed by atoms with Crippen molar-refractivity contribution in [3.63, 3.8) is 0 Å². The van der Waals surface area contributed by atoms with Crippen molar-refractivity contribution in [2.75, 3.05) is 33.4 Å². The monoisotopic (exact) mass is 471 g/mol. The van der Waals surface area contributed by atoms with Gasteiger partial charge in [-0.3, -0.25) is 9.59 Å². The van der Waals surface area contributed by atoms with Crippen LogP contribution in [0.2, 0.25) is 0 Å². The van der Waals surface area contributed by atoms with Crippen LogP contribution in [0.25, 0.3) is 6.08 Å². The van der Waals surface area contributed by atoms with Crippen molar-refractivity contribution < 1.29 is 14.3 Å². The third-order valence-electron chi connectivity index (χ3n) is 5.60. The summed E-state index contributed by atoms with van der Waals surface area (Å²) in [5, 5.41) is 0. The number of carbonyl (C=O) groups excluding carboxylic acids is 2. The number of hydrogen-bond acceptors (Lipinski definition) is 3. The van der Waals surface area contributed by atoms with Crippen molar-refractivity contribution in [1.82, 2.24) is 14.4 Å². The van der Waals surface area contributed by atoms with E-state index in [0.29, 0.717) is 19.7 Å². The van der Waals surface area contributed by atoms with E-state index in [1.165, 1.54) is 16.5 Å². The van der Waals surface area contributed by atoms with Gasteiger partial charge in [0.25, 0.3) is 0 Å². The number of carbonyl (C=O) groups is 2. The molecule has 2 amide bonds. The molecule has 0 N–H and O–H groups in total. The number of amides is 2. The van der Waals surface area contributed by atoms with E-state index in [1.54, 1.807) is 24.2 Å². The van der Waals surface area contributed by atoms with Gasteiger partial charge < -0.3 is 19.1 Å². The molecule has 35 heavy (non-hydrogen) atoms. The summed E-state index contributed by atoms with van der Waals surface area (Å²) in [6.45, 7) is 5.99. The maximum Gasteiger partial charge on any atom is 0.247 e. The number of rotatable bonds is 13. The number of ether oxygens (including phenoxy) is 1. The highest BCUT2D eigenvalue weighted by Gasteiger charge is 2.20. The number of methoxy groups -OCH3 is 1. The van der Waals surface area contributed by atoms with Crippen LogP contribution in [-0.2, 0) is 27.4 Å². The Morgan fingerprint density at radius 2 is 1.69 bits per heavy atom. The van der Waals surface area contributed by atoms with Gasteiger partial charge in [-0.2, -0.15) is 0 Å². The van der Waals surface area contributed by atoms with Crippen molar-refractivity contribution in [3.05, 3.63) is 115 Å². The molecular weight excluding hydrogens is 438 g/mol. The van der Waals surface area contributed by atoms with Crippen molar-refractivity contribution in [1.29, 1.82) is 0 Å². The minimum Gasteiger partial charge on any atom is -0.383 e. The van der Waals surface area contributed by atoms with Crippen molar-refractivity contribution in [3.8, 4) is 0 Å². The zero-order valence-corrected chi connectivity index (χ0v) is 20.3. The Kier molecular flexibility index (Phi) is 10.1. The Morgan fingerprint density at radius 1 is 0.971 bits per heavy atom. The molecule has 0 unspecified atom stereocenters. The topological polar surface area (TPSA) is 54.8 Å². The van der Waals surface area contributed by atoms with Crippen LogP contribution >= 0.6 is 0 Å². The summed E-state index contributed by atoms with van der Waals surface area (Å²) >= 11 is 0.